The Morgan fingerprint density at radius 3 is 1.68 bits per heavy atom. The van der Waals surface area contributed by atoms with Gasteiger partial charge in [-0.15, -0.1) is 0 Å². The monoisotopic (exact) mass is 398 g/mol. The molecular weight excluding hydrogens is 367 g/mol. The molecule has 1 heterocycles. The van der Waals surface area contributed by atoms with Gasteiger partial charge in [0.2, 0.25) is 0 Å². The van der Waals surface area contributed by atoms with Gasteiger partial charge in [-0.1, -0.05) is 0 Å². The SMILES string of the molecule is CCC[CH2][Sn]([CH2]CCC)([CH2]CCC)[c]1ccco1.[Ar]. The number of hydrogen-bond acceptors (Lipinski definition) is 1. The van der Waals surface area contributed by atoms with Gasteiger partial charge in [0.15, 0.2) is 0 Å². The van der Waals surface area contributed by atoms with Gasteiger partial charge >= 0.3 is 118 Å². The summed E-state index contributed by atoms with van der Waals surface area (Å²) in [6.45, 7) is 6.95. The van der Waals surface area contributed by atoms with Crippen LogP contribution in [-0.2, 0) is 0 Å². The third-order valence-electron chi connectivity index (χ3n) is 4.07. The molecule has 3 heteroatoms. The molecule has 0 aliphatic heterocycles. The Morgan fingerprint density at radius 1 is 0.895 bits per heavy atom. The Morgan fingerprint density at radius 2 is 1.37 bits per heavy atom. The molecule has 0 saturated carbocycles. The first-order valence-corrected chi connectivity index (χ1v) is 15.3. The molecular formula is C16H30ArOSn. The fourth-order valence-electron chi connectivity index (χ4n) is 2.87. The van der Waals surface area contributed by atoms with Crippen LogP contribution in [0.4, 0.5) is 0 Å². The summed E-state index contributed by atoms with van der Waals surface area (Å²) in [5.74, 6) is 0. The molecule has 0 atom stereocenters. The van der Waals surface area contributed by atoms with E-state index in [0.717, 1.165) is 0 Å². The van der Waals surface area contributed by atoms with Crippen LogP contribution in [0.25, 0.3) is 0 Å². The predicted molar refractivity (Wildman–Crippen MR) is 83.2 cm³/mol. The molecule has 112 valence electrons. The van der Waals surface area contributed by atoms with E-state index in [9.17, 15) is 0 Å². The van der Waals surface area contributed by atoms with Crippen LogP contribution in [0.5, 0.6) is 0 Å². The van der Waals surface area contributed by atoms with Gasteiger partial charge in [0.05, 0.1) is 0 Å². The second-order valence-corrected chi connectivity index (χ2v) is 18.6. The van der Waals surface area contributed by atoms with Crippen molar-refractivity contribution in [2.75, 3.05) is 0 Å². The molecule has 0 unspecified atom stereocenters. The van der Waals surface area contributed by atoms with Crippen LogP contribution in [0.2, 0.25) is 13.3 Å². The minimum Gasteiger partial charge on any atom is 0 e. The molecule has 1 aromatic heterocycles. The standard InChI is InChI=1S/C4H3O.3C4H9.Ar.Sn/c1-2-4-5-3-1;3*1-3-4-2;;/h1-3H;3*1,3-4H2,2H3;;. The maximum absolute atomic E-state index is 5.88. The number of rotatable bonds is 10. The van der Waals surface area contributed by atoms with E-state index < -0.39 is 18.4 Å². The zero-order valence-electron chi connectivity index (χ0n) is 12.9. The van der Waals surface area contributed by atoms with Gasteiger partial charge in [-0.3, -0.25) is 0 Å². The molecule has 0 bridgehead atoms. The maximum atomic E-state index is 5.88. The molecule has 19 heavy (non-hydrogen) atoms. The molecule has 0 aliphatic rings. The van der Waals surface area contributed by atoms with Gasteiger partial charge in [-0.25, -0.2) is 0 Å². The molecule has 1 rings (SSSR count). The summed E-state index contributed by atoms with van der Waals surface area (Å²) in [6, 6.07) is 4.39. The van der Waals surface area contributed by atoms with Crippen LogP contribution in [0, 0.1) is 37.7 Å². The molecule has 0 aromatic carbocycles. The number of unbranched alkanes of at least 4 members (excludes halogenated alkanes) is 3. The van der Waals surface area contributed by atoms with Crippen molar-refractivity contribution in [1.29, 1.82) is 0 Å². The van der Waals surface area contributed by atoms with E-state index in [1.54, 1.807) is 0 Å². The van der Waals surface area contributed by atoms with Gasteiger partial charge < -0.3 is 0 Å². The molecule has 1 aromatic rings. The quantitative estimate of drug-likeness (QED) is 0.487. The van der Waals surface area contributed by atoms with Crippen LogP contribution in [-0.4, -0.2) is 18.4 Å². The molecule has 0 fully saturated rings. The predicted octanol–water partition coefficient (Wildman–Crippen LogP) is 5.34. The molecule has 0 spiro atoms. The van der Waals surface area contributed by atoms with Crippen molar-refractivity contribution in [3.63, 3.8) is 0 Å². The van der Waals surface area contributed by atoms with Crippen molar-refractivity contribution in [2.45, 2.75) is 72.6 Å². The fraction of sp³-hybridized carbons (Fsp3) is 0.750. The first-order chi connectivity index (χ1) is 8.79. The van der Waals surface area contributed by atoms with E-state index in [2.05, 4.69) is 32.9 Å². The van der Waals surface area contributed by atoms with Gasteiger partial charge in [-0.2, -0.15) is 0 Å². The minimum absolute atomic E-state index is 0. The Hall–Kier alpha value is 1.34. The molecule has 0 N–H and O–H groups in total. The zero-order chi connectivity index (χ0) is 13.3. The number of furan rings is 1. The summed E-state index contributed by atoms with van der Waals surface area (Å²) >= 11 is -2.20. The van der Waals surface area contributed by atoms with E-state index >= 15 is 0 Å². The van der Waals surface area contributed by atoms with Crippen molar-refractivity contribution in [2.24, 2.45) is 0 Å². The summed E-state index contributed by atoms with van der Waals surface area (Å²) in [7, 11) is 0. The maximum Gasteiger partial charge on any atom is 0 e. The Kier molecular flexibility index (Phi) is 12.8. The third-order valence-corrected chi connectivity index (χ3v) is 19.1. The van der Waals surface area contributed by atoms with E-state index in [-0.39, 0.29) is 37.7 Å². The van der Waals surface area contributed by atoms with E-state index in [4.69, 9.17) is 4.42 Å². The summed E-state index contributed by atoms with van der Waals surface area (Å²) in [6.07, 6.45) is 10.1. The van der Waals surface area contributed by atoms with Crippen molar-refractivity contribution < 1.29 is 42.2 Å². The van der Waals surface area contributed by atoms with Gasteiger partial charge in [0.25, 0.3) is 0 Å². The molecule has 0 aliphatic carbocycles. The first kappa shape index (κ1) is 20.3. The largest absolute Gasteiger partial charge is 0 e. The van der Waals surface area contributed by atoms with Crippen molar-refractivity contribution in [3.05, 3.63) is 18.4 Å². The summed E-state index contributed by atoms with van der Waals surface area (Å²) in [5, 5.41) is 0. The Bertz CT molecular complexity index is 276. The van der Waals surface area contributed by atoms with Crippen LogP contribution >= 0.6 is 0 Å². The average molecular weight is 397 g/mol. The Balaban J connectivity index is 0.00000324. The second kappa shape index (κ2) is 11.9. The zero-order valence-corrected chi connectivity index (χ0v) is 16.4. The second-order valence-electron chi connectivity index (χ2n) is 5.57. The summed E-state index contributed by atoms with van der Waals surface area (Å²) in [5.41, 5.74) is 0. The summed E-state index contributed by atoms with van der Waals surface area (Å²) in [4.78, 5) is 0. The van der Waals surface area contributed by atoms with Crippen LogP contribution < -0.4 is 3.78 Å². The molecule has 0 saturated heterocycles. The summed E-state index contributed by atoms with van der Waals surface area (Å²) < 4.78 is 11.8. The first-order valence-electron chi connectivity index (χ1n) is 7.83. The Labute approximate surface area is 153 Å². The molecule has 0 radical (unpaired) electrons. The van der Waals surface area contributed by atoms with Crippen LogP contribution in [0.3, 0.4) is 0 Å². The normalized spacial score (nSPS) is 11.3. The van der Waals surface area contributed by atoms with Crippen molar-refractivity contribution in [1.82, 2.24) is 0 Å². The van der Waals surface area contributed by atoms with E-state index in [1.165, 1.54) is 55.6 Å². The molecule has 1 nitrogen and oxygen atoms in total. The van der Waals surface area contributed by atoms with Gasteiger partial charge in [0.1, 0.15) is 0 Å². The smallest absolute Gasteiger partial charge is 0 e. The van der Waals surface area contributed by atoms with Crippen molar-refractivity contribution >= 4 is 22.2 Å². The van der Waals surface area contributed by atoms with Crippen molar-refractivity contribution in [3.8, 4) is 0 Å². The fourth-order valence-corrected chi connectivity index (χ4v) is 18.1. The molecule has 0 amide bonds. The number of hydrogen-bond donors (Lipinski definition) is 0. The van der Waals surface area contributed by atoms with Crippen LogP contribution in [0.15, 0.2) is 22.8 Å². The van der Waals surface area contributed by atoms with Gasteiger partial charge in [0, 0.05) is 37.7 Å². The van der Waals surface area contributed by atoms with E-state index in [1.807, 2.05) is 6.26 Å². The average Bonchev–Trinajstić information content (AvgIpc) is 2.93. The minimum atomic E-state index is -2.20. The van der Waals surface area contributed by atoms with Crippen LogP contribution in [0.1, 0.15) is 59.3 Å². The third kappa shape index (κ3) is 6.75. The van der Waals surface area contributed by atoms with Gasteiger partial charge in [-0.05, 0) is 0 Å². The topological polar surface area (TPSA) is 13.1 Å². The van der Waals surface area contributed by atoms with E-state index in [0.29, 0.717) is 0 Å².